The molecule has 3 aromatic rings. The van der Waals surface area contributed by atoms with Gasteiger partial charge in [0.15, 0.2) is 0 Å². The Morgan fingerprint density at radius 2 is 2.00 bits per heavy atom. The Bertz CT molecular complexity index is 1270. The van der Waals surface area contributed by atoms with Crippen molar-refractivity contribution in [3.63, 3.8) is 0 Å². The van der Waals surface area contributed by atoms with Crippen molar-refractivity contribution in [1.82, 2.24) is 19.7 Å². The summed E-state index contributed by atoms with van der Waals surface area (Å²) in [5.74, 6) is 1.44. The summed E-state index contributed by atoms with van der Waals surface area (Å²) < 4.78 is 2.91. The van der Waals surface area contributed by atoms with E-state index in [-0.39, 0.29) is 17.5 Å². The third kappa shape index (κ3) is 4.93. The minimum absolute atomic E-state index is 0.0106. The highest BCUT2D eigenvalue weighted by Crippen LogP contribution is 2.40. The molecule has 9 heteroatoms. The van der Waals surface area contributed by atoms with E-state index in [2.05, 4.69) is 49.8 Å². The van der Waals surface area contributed by atoms with E-state index < -0.39 is 0 Å². The van der Waals surface area contributed by atoms with Crippen LogP contribution in [0, 0.1) is 17.2 Å². The highest BCUT2D eigenvalue weighted by Gasteiger charge is 2.41. The van der Waals surface area contributed by atoms with E-state index in [1.165, 1.54) is 0 Å². The van der Waals surface area contributed by atoms with Gasteiger partial charge >= 0.3 is 0 Å². The number of rotatable bonds is 1. The molecule has 8 nitrogen and oxygen atoms in total. The fourth-order valence-electron chi connectivity index (χ4n) is 5.01. The van der Waals surface area contributed by atoms with E-state index in [0.29, 0.717) is 28.0 Å². The molecule has 2 aliphatic rings. The molecule has 35 heavy (non-hydrogen) atoms. The summed E-state index contributed by atoms with van der Waals surface area (Å²) in [5.41, 5.74) is 1.53. The largest absolute Gasteiger partial charge is 0.362 e. The number of carbonyl (C=O) groups excluding carboxylic acids is 1. The van der Waals surface area contributed by atoms with Crippen LogP contribution in [0.3, 0.4) is 0 Å². The number of pyridine rings is 3. The summed E-state index contributed by atoms with van der Waals surface area (Å²) in [6.07, 6.45) is 4.64. The van der Waals surface area contributed by atoms with Gasteiger partial charge in [0, 0.05) is 30.2 Å². The molecule has 1 fully saturated rings. The molecule has 2 N–H and O–H groups in total. The number of nitrogens with zero attached hydrogens (tertiary/aromatic N) is 5. The van der Waals surface area contributed by atoms with Crippen molar-refractivity contribution < 1.29 is 4.79 Å². The molecule has 0 radical (unpaired) electrons. The van der Waals surface area contributed by atoms with Gasteiger partial charge in [-0.15, -0.1) is 0 Å². The van der Waals surface area contributed by atoms with Gasteiger partial charge in [0.2, 0.25) is 0 Å². The van der Waals surface area contributed by atoms with Crippen molar-refractivity contribution in [3.05, 3.63) is 71.7 Å². The third-order valence-electron chi connectivity index (χ3n) is 6.65. The van der Waals surface area contributed by atoms with Gasteiger partial charge in [0.1, 0.15) is 28.4 Å². The monoisotopic (exact) mass is 485 g/mol. The fourth-order valence-corrected chi connectivity index (χ4v) is 5.61. The lowest BCUT2D eigenvalue weighted by Gasteiger charge is -2.33. The summed E-state index contributed by atoms with van der Waals surface area (Å²) in [4.78, 5) is 29.3. The first-order valence-electron chi connectivity index (χ1n) is 11.7. The standard InChI is InChI=1S/C26H27N7OS/c1-26(2)14-17-9-12-21(20-6-3-4-13-28-20)30-22-7-5-8-23(31-22)35-32-25(34)19-11-10-18(15-27)29-24(19)33(26)16-17/h3-8,10-11,13,17,21H,9,12,14,16H2,1-2H3,(H,30,31)(H,32,34). The topological polar surface area (TPSA) is 107 Å². The van der Waals surface area contributed by atoms with Gasteiger partial charge < -0.3 is 10.2 Å². The molecule has 1 amide bonds. The lowest BCUT2D eigenvalue weighted by Crippen LogP contribution is -2.40. The highest BCUT2D eigenvalue weighted by atomic mass is 32.2. The van der Waals surface area contributed by atoms with E-state index in [1.54, 1.807) is 12.1 Å². The van der Waals surface area contributed by atoms with Crippen LogP contribution in [0.25, 0.3) is 0 Å². The Balaban J connectivity index is 1.55. The van der Waals surface area contributed by atoms with Crippen molar-refractivity contribution >= 4 is 29.5 Å². The van der Waals surface area contributed by atoms with Gasteiger partial charge in [-0.2, -0.15) is 5.26 Å². The summed E-state index contributed by atoms with van der Waals surface area (Å²) in [6.45, 7) is 5.12. The highest BCUT2D eigenvalue weighted by molar-refractivity contribution is 7.97. The van der Waals surface area contributed by atoms with Crippen molar-refractivity contribution in [3.8, 4) is 6.07 Å². The number of hydrogen-bond acceptors (Lipinski definition) is 8. The maximum atomic E-state index is 13.2. The molecule has 4 bridgehead atoms. The zero-order chi connectivity index (χ0) is 24.4. The van der Waals surface area contributed by atoms with Crippen LogP contribution in [-0.4, -0.2) is 32.9 Å². The number of anilines is 2. The second-order valence-electron chi connectivity index (χ2n) is 9.60. The van der Waals surface area contributed by atoms with Crippen LogP contribution >= 0.6 is 11.9 Å². The molecule has 2 unspecified atom stereocenters. The van der Waals surface area contributed by atoms with Crippen molar-refractivity contribution in [2.45, 2.75) is 49.7 Å². The van der Waals surface area contributed by atoms with Crippen molar-refractivity contribution in [2.75, 3.05) is 16.8 Å². The van der Waals surface area contributed by atoms with E-state index in [4.69, 9.17) is 0 Å². The van der Waals surface area contributed by atoms with Crippen LogP contribution in [0.2, 0.25) is 0 Å². The average Bonchev–Trinajstić information content (AvgIpc) is 3.18. The van der Waals surface area contributed by atoms with Gasteiger partial charge in [0.25, 0.3) is 5.91 Å². The minimum Gasteiger partial charge on any atom is -0.362 e. The molecule has 2 atom stereocenters. The summed E-state index contributed by atoms with van der Waals surface area (Å²) in [6, 6.07) is 17.1. The maximum Gasteiger partial charge on any atom is 0.265 e. The van der Waals surface area contributed by atoms with Crippen molar-refractivity contribution in [1.29, 1.82) is 5.26 Å². The summed E-state index contributed by atoms with van der Waals surface area (Å²) >= 11 is 1.16. The Morgan fingerprint density at radius 1 is 1.11 bits per heavy atom. The smallest absolute Gasteiger partial charge is 0.265 e. The molecule has 5 heterocycles. The summed E-state index contributed by atoms with van der Waals surface area (Å²) in [5, 5.41) is 13.7. The molecule has 5 rings (SSSR count). The van der Waals surface area contributed by atoms with E-state index >= 15 is 0 Å². The molecule has 0 aromatic carbocycles. The Labute approximate surface area is 209 Å². The van der Waals surface area contributed by atoms with Gasteiger partial charge in [0.05, 0.1) is 17.3 Å². The van der Waals surface area contributed by atoms with Crippen LogP contribution in [0.4, 0.5) is 11.6 Å². The predicted octanol–water partition coefficient (Wildman–Crippen LogP) is 4.73. The molecule has 3 aromatic heterocycles. The Hall–Kier alpha value is -3.64. The summed E-state index contributed by atoms with van der Waals surface area (Å²) in [7, 11) is 0. The molecule has 0 saturated carbocycles. The Morgan fingerprint density at radius 3 is 2.80 bits per heavy atom. The van der Waals surface area contributed by atoms with Gasteiger partial charge in [-0.05, 0) is 75.4 Å². The lowest BCUT2D eigenvalue weighted by atomic mass is 9.91. The second-order valence-corrected chi connectivity index (χ2v) is 10.4. The van der Waals surface area contributed by atoms with Crippen LogP contribution in [0.1, 0.15) is 60.9 Å². The van der Waals surface area contributed by atoms with E-state index in [9.17, 15) is 10.1 Å². The number of hydrogen-bond donors (Lipinski definition) is 2. The Kier molecular flexibility index (Phi) is 6.31. The minimum atomic E-state index is -0.261. The fraction of sp³-hybridized carbons (Fsp3) is 0.346. The number of nitriles is 1. The van der Waals surface area contributed by atoms with Crippen LogP contribution in [0.15, 0.2) is 59.8 Å². The van der Waals surface area contributed by atoms with E-state index in [0.717, 1.165) is 49.3 Å². The quantitative estimate of drug-likeness (QED) is 0.476. The first-order chi connectivity index (χ1) is 16.9. The van der Waals surface area contributed by atoms with Gasteiger partial charge in [-0.1, -0.05) is 12.1 Å². The van der Waals surface area contributed by atoms with Gasteiger partial charge in [-0.25, -0.2) is 9.97 Å². The zero-order valence-corrected chi connectivity index (χ0v) is 20.5. The molecule has 178 valence electrons. The molecular weight excluding hydrogens is 458 g/mol. The molecular formula is C26H27N7OS. The third-order valence-corrected chi connectivity index (χ3v) is 7.38. The van der Waals surface area contributed by atoms with Crippen molar-refractivity contribution in [2.24, 2.45) is 5.92 Å². The van der Waals surface area contributed by atoms with Crippen LogP contribution < -0.4 is 14.9 Å². The first-order valence-corrected chi connectivity index (χ1v) is 12.5. The zero-order valence-electron chi connectivity index (χ0n) is 19.7. The van der Waals surface area contributed by atoms with Crippen LogP contribution in [0.5, 0.6) is 0 Å². The number of fused-ring (bicyclic) bond motifs is 6. The second kappa shape index (κ2) is 9.55. The predicted molar refractivity (Wildman–Crippen MR) is 136 cm³/mol. The average molecular weight is 486 g/mol. The molecule has 0 spiro atoms. The van der Waals surface area contributed by atoms with E-state index in [1.807, 2.05) is 42.6 Å². The molecule has 0 aliphatic carbocycles. The molecule has 1 saturated heterocycles. The SMILES string of the molecule is CC1(C)CC2CCC(c3ccccn3)Nc3cccc(n3)SNC(=O)c3ccc(C#N)nc3N1C2. The molecule has 2 aliphatic heterocycles. The number of aromatic nitrogens is 3. The van der Waals surface area contributed by atoms with Gasteiger partial charge in [-0.3, -0.25) is 14.5 Å². The maximum absolute atomic E-state index is 13.2. The number of carbonyl (C=O) groups is 1. The lowest BCUT2D eigenvalue weighted by molar-refractivity contribution is 0.0984. The number of amides is 1. The van der Waals surface area contributed by atoms with Crippen LogP contribution in [-0.2, 0) is 0 Å². The normalized spacial score (nSPS) is 21.5. The number of nitrogens with one attached hydrogen (secondary N) is 2. The first kappa shape index (κ1) is 23.1.